The van der Waals surface area contributed by atoms with E-state index in [-0.39, 0.29) is 5.82 Å². The summed E-state index contributed by atoms with van der Waals surface area (Å²) in [6, 6.07) is 15.1. The second-order valence-corrected chi connectivity index (χ2v) is 7.36. The molecule has 4 heteroatoms. The molecule has 0 unspecified atom stereocenters. The van der Waals surface area contributed by atoms with E-state index in [0.717, 1.165) is 37.4 Å². The Bertz CT molecular complexity index is 753. The molecule has 0 amide bonds. The third kappa shape index (κ3) is 5.40. The summed E-state index contributed by atoms with van der Waals surface area (Å²) in [6.07, 6.45) is 8.57. The number of allylic oxidation sites excluding steroid dienone is 2. The van der Waals surface area contributed by atoms with Gasteiger partial charge in [0.25, 0.3) is 0 Å². The fraction of sp³-hybridized carbons (Fsp3) is 0.273. The van der Waals surface area contributed by atoms with Crippen LogP contribution in [0.4, 0.5) is 4.39 Å². The molecule has 0 saturated heterocycles. The van der Waals surface area contributed by atoms with Crippen LogP contribution in [0.2, 0.25) is 0 Å². The highest BCUT2D eigenvalue weighted by molar-refractivity contribution is 8.03. The number of aryl methyl sites for hydroxylation is 1. The van der Waals surface area contributed by atoms with E-state index < -0.39 is 0 Å². The number of ether oxygens (including phenoxy) is 1. The molecule has 0 radical (unpaired) electrons. The number of hydrogen-bond donors (Lipinski definition) is 0. The molecule has 2 nitrogen and oxygen atoms in total. The molecule has 26 heavy (non-hydrogen) atoms. The molecule has 0 fully saturated rings. The zero-order valence-corrected chi connectivity index (χ0v) is 15.8. The lowest BCUT2D eigenvalue weighted by Gasteiger charge is -2.28. The van der Waals surface area contributed by atoms with Crippen LogP contribution < -0.4 is 4.74 Å². The number of rotatable bonds is 8. The van der Waals surface area contributed by atoms with Crippen molar-refractivity contribution in [2.45, 2.75) is 19.4 Å². The van der Waals surface area contributed by atoms with Crippen LogP contribution >= 0.6 is 11.8 Å². The minimum absolute atomic E-state index is 0.170. The highest BCUT2D eigenvalue weighted by atomic mass is 32.2. The normalized spacial score (nSPS) is 13.6. The van der Waals surface area contributed by atoms with E-state index in [9.17, 15) is 4.39 Å². The van der Waals surface area contributed by atoms with Gasteiger partial charge in [-0.1, -0.05) is 36.4 Å². The fourth-order valence-corrected chi connectivity index (χ4v) is 3.87. The van der Waals surface area contributed by atoms with Crippen LogP contribution in [0.1, 0.15) is 17.5 Å². The first kappa shape index (κ1) is 18.6. The first-order chi connectivity index (χ1) is 12.7. The molecule has 0 aliphatic carbocycles. The third-order valence-electron chi connectivity index (χ3n) is 4.32. The first-order valence-corrected chi connectivity index (χ1v) is 9.85. The van der Waals surface area contributed by atoms with Gasteiger partial charge in [0.2, 0.25) is 0 Å². The summed E-state index contributed by atoms with van der Waals surface area (Å²) in [6.45, 7) is 1.83. The van der Waals surface area contributed by atoms with Gasteiger partial charge in [-0.2, -0.15) is 0 Å². The van der Waals surface area contributed by atoms with Gasteiger partial charge in [0, 0.05) is 13.1 Å². The summed E-state index contributed by atoms with van der Waals surface area (Å²) in [5.41, 5.74) is 2.47. The summed E-state index contributed by atoms with van der Waals surface area (Å²) in [5.74, 6) is 1.77. The fourth-order valence-electron chi connectivity index (χ4n) is 2.87. The minimum Gasteiger partial charge on any atom is -0.497 e. The summed E-state index contributed by atoms with van der Waals surface area (Å²) >= 11 is 1.89. The molecule has 0 atom stereocenters. The summed E-state index contributed by atoms with van der Waals surface area (Å²) in [4.78, 5) is 2.39. The zero-order valence-electron chi connectivity index (χ0n) is 15.0. The van der Waals surface area contributed by atoms with E-state index in [1.54, 1.807) is 7.11 Å². The zero-order chi connectivity index (χ0) is 18.2. The van der Waals surface area contributed by atoms with Gasteiger partial charge >= 0.3 is 0 Å². The van der Waals surface area contributed by atoms with Crippen molar-refractivity contribution in [2.75, 3.05) is 19.4 Å². The molecule has 1 heterocycles. The molecular weight excluding hydrogens is 345 g/mol. The van der Waals surface area contributed by atoms with Crippen LogP contribution in [0, 0.1) is 5.82 Å². The Balaban J connectivity index is 1.49. The maximum absolute atomic E-state index is 13.0. The predicted octanol–water partition coefficient (Wildman–Crippen LogP) is 5.41. The van der Waals surface area contributed by atoms with E-state index in [2.05, 4.69) is 35.3 Å². The molecule has 2 aromatic rings. The molecule has 136 valence electrons. The van der Waals surface area contributed by atoms with Crippen LogP contribution in [-0.2, 0) is 13.0 Å². The SMILES string of the molecule is COc1ccc(CN2CC=CC=C2SCCCc2ccc(F)cc2)cc1. The Morgan fingerprint density at radius 3 is 2.50 bits per heavy atom. The summed E-state index contributed by atoms with van der Waals surface area (Å²) in [5, 5.41) is 1.31. The van der Waals surface area contributed by atoms with Crippen LogP contribution in [0.3, 0.4) is 0 Å². The van der Waals surface area contributed by atoms with Crippen molar-refractivity contribution in [1.29, 1.82) is 0 Å². The Kier molecular flexibility index (Phi) is 6.78. The van der Waals surface area contributed by atoms with E-state index in [1.807, 2.05) is 36.0 Å². The number of nitrogens with zero attached hydrogens (tertiary/aromatic N) is 1. The third-order valence-corrected chi connectivity index (χ3v) is 5.50. The maximum atomic E-state index is 13.0. The smallest absolute Gasteiger partial charge is 0.123 e. The Hall–Kier alpha value is -2.20. The van der Waals surface area contributed by atoms with E-state index >= 15 is 0 Å². The molecule has 2 aromatic carbocycles. The van der Waals surface area contributed by atoms with Crippen molar-refractivity contribution >= 4 is 11.8 Å². The maximum Gasteiger partial charge on any atom is 0.123 e. The molecule has 0 bridgehead atoms. The Morgan fingerprint density at radius 1 is 1.04 bits per heavy atom. The van der Waals surface area contributed by atoms with Gasteiger partial charge in [-0.05, 0) is 60.1 Å². The Labute approximate surface area is 159 Å². The highest BCUT2D eigenvalue weighted by Crippen LogP contribution is 2.26. The molecule has 1 aliphatic heterocycles. The average Bonchev–Trinajstić information content (AvgIpc) is 2.68. The van der Waals surface area contributed by atoms with Crippen molar-refractivity contribution in [3.63, 3.8) is 0 Å². The number of benzene rings is 2. The van der Waals surface area contributed by atoms with Gasteiger partial charge in [-0.15, -0.1) is 11.8 Å². The van der Waals surface area contributed by atoms with Crippen LogP contribution in [0.5, 0.6) is 5.75 Å². The lowest BCUT2D eigenvalue weighted by molar-refractivity contribution is 0.393. The lowest BCUT2D eigenvalue weighted by Crippen LogP contribution is -2.23. The van der Waals surface area contributed by atoms with Gasteiger partial charge in [0.05, 0.1) is 12.1 Å². The largest absolute Gasteiger partial charge is 0.497 e. The topological polar surface area (TPSA) is 12.5 Å². The van der Waals surface area contributed by atoms with Crippen LogP contribution in [-0.4, -0.2) is 24.3 Å². The second-order valence-electron chi connectivity index (χ2n) is 6.24. The summed E-state index contributed by atoms with van der Waals surface area (Å²) in [7, 11) is 1.69. The van der Waals surface area contributed by atoms with Crippen LogP contribution in [0.25, 0.3) is 0 Å². The molecular formula is C22H24FNOS. The number of hydrogen-bond acceptors (Lipinski definition) is 3. The number of halogens is 1. The number of thioether (sulfide) groups is 1. The van der Waals surface area contributed by atoms with Gasteiger partial charge in [-0.25, -0.2) is 4.39 Å². The highest BCUT2D eigenvalue weighted by Gasteiger charge is 2.12. The Morgan fingerprint density at radius 2 is 1.77 bits per heavy atom. The second kappa shape index (κ2) is 9.48. The monoisotopic (exact) mass is 369 g/mol. The van der Waals surface area contributed by atoms with E-state index in [0.29, 0.717) is 0 Å². The van der Waals surface area contributed by atoms with Crippen molar-refractivity contribution in [1.82, 2.24) is 4.90 Å². The van der Waals surface area contributed by atoms with E-state index in [1.165, 1.54) is 28.3 Å². The van der Waals surface area contributed by atoms with Crippen molar-refractivity contribution in [2.24, 2.45) is 0 Å². The molecule has 1 aliphatic rings. The quantitative estimate of drug-likeness (QED) is 0.577. The summed E-state index contributed by atoms with van der Waals surface area (Å²) < 4.78 is 18.2. The molecule has 3 rings (SSSR count). The van der Waals surface area contributed by atoms with E-state index in [4.69, 9.17) is 4.74 Å². The molecule has 0 saturated carbocycles. The van der Waals surface area contributed by atoms with Gasteiger partial charge in [0.1, 0.15) is 11.6 Å². The lowest BCUT2D eigenvalue weighted by atomic mass is 10.1. The average molecular weight is 370 g/mol. The first-order valence-electron chi connectivity index (χ1n) is 8.86. The van der Waals surface area contributed by atoms with Crippen molar-refractivity contribution in [3.8, 4) is 5.75 Å². The number of methoxy groups -OCH3 is 1. The molecule has 0 aromatic heterocycles. The van der Waals surface area contributed by atoms with Crippen molar-refractivity contribution in [3.05, 3.63) is 88.7 Å². The van der Waals surface area contributed by atoms with Crippen molar-refractivity contribution < 1.29 is 9.13 Å². The van der Waals surface area contributed by atoms with Gasteiger partial charge in [-0.3, -0.25) is 0 Å². The molecule has 0 N–H and O–H groups in total. The predicted molar refractivity (Wildman–Crippen MR) is 108 cm³/mol. The molecule has 0 spiro atoms. The minimum atomic E-state index is -0.170. The standard InChI is InChI=1S/C22H24FNOS/c1-25-21-13-9-19(10-14-21)17-24-15-3-2-6-22(24)26-16-4-5-18-7-11-20(23)12-8-18/h2-3,6-14H,4-5,15-17H2,1H3. The van der Waals surface area contributed by atoms with Gasteiger partial charge < -0.3 is 9.64 Å². The van der Waals surface area contributed by atoms with Gasteiger partial charge in [0.15, 0.2) is 0 Å². The van der Waals surface area contributed by atoms with Crippen LogP contribution in [0.15, 0.2) is 71.8 Å².